The molecule has 0 heterocycles. The van der Waals surface area contributed by atoms with E-state index < -0.39 is 23.0 Å². The number of fused-ring (bicyclic) bond motifs is 7. The number of esters is 2. The molecule has 6 nitrogen and oxygen atoms in total. The van der Waals surface area contributed by atoms with Crippen LogP contribution in [0.5, 0.6) is 0 Å². The van der Waals surface area contributed by atoms with Crippen molar-refractivity contribution in [2.75, 3.05) is 7.11 Å². The van der Waals surface area contributed by atoms with Gasteiger partial charge in [0.05, 0.1) is 7.11 Å². The first-order chi connectivity index (χ1) is 18.0. The Bertz CT molecular complexity index is 1160. The van der Waals surface area contributed by atoms with Crippen LogP contribution in [0, 0.1) is 50.7 Å². The van der Waals surface area contributed by atoms with E-state index in [2.05, 4.69) is 34.6 Å². The van der Waals surface area contributed by atoms with Gasteiger partial charge in [-0.05, 0) is 96.9 Å². The van der Waals surface area contributed by atoms with Gasteiger partial charge in [0.25, 0.3) is 0 Å². The van der Waals surface area contributed by atoms with E-state index in [9.17, 15) is 19.2 Å². The fourth-order valence-electron chi connectivity index (χ4n) is 11.3. The highest BCUT2D eigenvalue weighted by Crippen LogP contribution is 2.76. The Hall–Kier alpha value is -1.98. The third-order valence-electron chi connectivity index (χ3n) is 13.2. The summed E-state index contributed by atoms with van der Waals surface area (Å²) in [6.07, 6.45) is 6.93. The smallest absolute Gasteiger partial charge is 0.324 e. The molecule has 6 heteroatoms. The molecule has 0 aromatic rings. The molecule has 0 aromatic carbocycles. The summed E-state index contributed by atoms with van der Waals surface area (Å²) in [6, 6.07) is 0. The molecule has 0 N–H and O–H groups in total. The Kier molecular flexibility index (Phi) is 6.41. The van der Waals surface area contributed by atoms with E-state index >= 15 is 0 Å². The lowest BCUT2D eigenvalue weighted by Crippen LogP contribution is -2.66. The number of carbonyl (C=O) groups is 4. The standard InChI is InChI=1S/C33H48O6/c1-18(2)24-25-20-10-11-22-30(6)14-13-23(39-19(3)34)29(4,5)21(30)12-15-32(22,8)31(20,7)16-17-33(25,28(37)38-9)27(36)26(24)35/h18,20-23H,10-17H2,1-9H3/t20-,21+,22-,23+,30+,31-,32-,33+/m1/s1. The van der Waals surface area contributed by atoms with Crippen LogP contribution in [0.1, 0.15) is 107 Å². The number of hydrogen-bond acceptors (Lipinski definition) is 6. The number of carbonyl (C=O) groups excluding carboxylic acids is 4. The largest absolute Gasteiger partial charge is 0.468 e. The van der Waals surface area contributed by atoms with E-state index in [0.29, 0.717) is 23.8 Å². The molecule has 8 atom stereocenters. The first-order valence-electron chi connectivity index (χ1n) is 15.1. The second-order valence-corrected chi connectivity index (χ2v) is 15.1. The average Bonchev–Trinajstić information content (AvgIpc) is 3.08. The highest BCUT2D eigenvalue weighted by atomic mass is 16.5. The molecule has 4 fully saturated rings. The summed E-state index contributed by atoms with van der Waals surface area (Å²) in [5, 5.41) is 0. The predicted octanol–water partition coefficient (Wildman–Crippen LogP) is 6.25. The van der Waals surface area contributed by atoms with Gasteiger partial charge in [-0.15, -0.1) is 0 Å². The van der Waals surface area contributed by atoms with E-state index in [1.807, 2.05) is 13.8 Å². The van der Waals surface area contributed by atoms with Crippen molar-refractivity contribution < 1.29 is 28.7 Å². The number of Topliss-reactive ketones (excluding diaryl/α,β-unsaturated/α-hetero) is 2. The second-order valence-electron chi connectivity index (χ2n) is 15.1. The van der Waals surface area contributed by atoms with Gasteiger partial charge in [-0.2, -0.15) is 0 Å². The predicted molar refractivity (Wildman–Crippen MR) is 147 cm³/mol. The van der Waals surface area contributed by atoms with Crippen LogP contribution in [0.3, 0.4) is 0 Å². The molecule has 5 aliphatic rings. The van der Waals surface area contributed by atoms with Crippen molar-refractivity contribution in [3.8, 4) is 0 Å². The summed E-state index contributed by atoms with van der Waals surface area (Å²) >= 11 is 0. The van der Waals surface area contributed by atoms with Gasteiger partial charge in [-0.1, -0.05) is 48.5 Å². The van der Waals surface area contributed by atoms with Crippen LogP contribution in [0.15, 0.2) is 11.1 Å². The number of ether oxygens (including phenoxy) is 2. The van der Waals surface area contributed by atoms with Crippen molar-refractivity contribution in [1.29, 1.82) is 0 Å². The quantitative estimate of drug-likeness (QED) is 0.239. The van der Waals surface area contributed by atoms with Gasteiger partial charge < -0.3 is 9.47 Å². The monoisotopic (exact) mass is 540 g/mol. The molecule has 0 bridgehead atoms. The van der Waals surface area contributed by atoms with Gasteiger partial charge in [0.15, 0.2) is 5.41 Å². The molecule has 0 spiro atoms. The topological polar surface area (TPSA) is 86.7 Å². The fraction of sp³-hybridized carbons (Fsp3) is 0.818. The van der Waals surface area contributed by atoms with Crippen LogP contribution in [-0.2, 0) is 28.7 Å². The average molecular weight is 541 g/mol. The number of rotatable bonds is 3. The van der Waals surface area contributed by atoms with Gasteiger partial charge >= 0.3 is 11.9 Å². The Labute approximate surface area is 234 Å². The zero-order valence-corrected chi connectivity index (χ0v) is 25.5. The Morgan fingerprint density at radius 3 is 2.10 bits per heavy atom. The van der Waals surface area contributed by atoms with E-state index in [-0.39, 0.29) is 45.6 Å². The molecule has 0 saturated heterocycles. The molecule has 4 saturated carbocycles. The summed E-state index contributed by atoms with van der Waals surface area (Å²) in [4.78, 5) is 52.4. The molecule has 0 radical (unpaired) electrons. The molecular formula is C33H48O6. The van der Waals surface area contributed by atoms with E-state index in [0.717, 1.165) is 50.5 Å². The van der Waals surface area contributed by atoms with Crippen molar-refractivity contribution in [3.05, 3.63) is 11.1 Å². The molecule has 5 rings (SSSR count). The van der Waals surface area contributed by atoms with Gasteiger partial charge in [-0.3, -0.25) is 19.2 Å². The zero-order chi connectivity index (χ0) is 28.9. The second kappa shape index (κ2) is 8.76. The van der Waals surface area contributed by atoms with Crippen LogP contribution >= 0.6 is 0 Å². The van der Waals surface area contributed by atoms with Gasteiger partial charge in [0.2, 0.25) is 11.6 Å². The Balaban J connectivity index is 1.59. The molecule has 0 aliphatic heterocycles. The van der Waals surface area contributed by atoms with Crippen LogP contribution < -0.4 is 0 Å². The first kappa shape index (κ1) is 28.5. The van der Waals surface area contributed by atoms with Crippen LogP contribution in [0.2, 0.25) is 0 Å². The third-order valence-corrected chi connectivity index (χ3v) is 13.2. The van der Waals surface area contributed by atoms with Gasteiger partial charge in [0, 0.05) is 17.9 Å². The molecule has 216 valence electrons. The number of hydrogen-bond donors (Lipinski definition) is 0. The van der Waals surface area contributed by atoms with Crippen molar-refractivity contribution >= 4 is 23.5 Å². The molecule has 0 amide bonds. The minimum Gasteiger partial charge on any atom is -0.468 e. The van der Waals surface area contributed by atoms with Crippen molar-refractivity contribution in [2.45, 2.75) is 113 Å². The Morgan fingerprint density at radius 2 is 1.51 bits per heavy atom. The normalized spacial score (nSPS) is 44.8. The minimum absolute atomic E-state index is 0.00241. The van der Waals surface area contributed by atoms with Gasteiger partial charge in [0.1, 0.15) is 6.10 Å². The lowest BCUT2D eigenvalue weighted by Gasteiger charge is -2.71. The minimum atomic E-state index is -1.44. The maximum atomic E-state index is 13.6. The summed E-state index contributed by atoms with van der Waals surface area (Å²) in [6.45, 7) is 17.4. The molecule has 39 heavy (non-hydrogen) atoms. The number of methoxy groups -OCH3 is 1. The molecular weight excluding hydrogens is 492 g/mol. The summed E-state index contributed by atoms with van der Waals surface area (Å²) in [5.74, 6) is -0.986. The maximum Gasteiger partial charge on any atom is 0.324 e. The molecule has 5 aliphatic carbocycles. The third kappa shape index (κ3) is 3.38. The fourth-order valence-corrected chi connectivity index (χ4v) is 11.3. The zero-order valence-electron chi connectivity index (χ0n) is 25.5. The molecule has 0 unspecified atom stereocenters. The van der Waals surface area contributed by atoms with E-state index in [1.165, 1.54) is 14.0 Å². The van der Waals surface area contributed by atoms with Gasteiger partial charge in [-0.25, -0.2) is 0 Å². The van der Waals surface area contributed by atoms with E-state index in [1.54, 1.807) is 0 Å². The van der Waals surface area contributed by atoms with E-state index in [4.69, 9.17) is 9.47 Å². The first-order valence-corrected chi connectivity index (χ1v) is 15.1. The highest BCUT2D eigenvalue weighted by molar-refractivity contribution is 6.52. The van der Waals surface area contributed by atoms with Crippen molar-refractivity contribution in [3.63, 3.8) is 0 Å². The van der Waals surface area contributed by atoms with Crippen LogP contribution in [-0.4, -0.2) is 36.7 Å². The summed E-state index contributed by atoms with van der Waals surface area (Å²) in [5.41, 5.74) is -0.207. The van der Waals surface area contributed by atoms with Crippen LogP contribution in [0.25, 0.3) is 0 Å². The number of allylic oxidation sites excluding steroid dienone is 1. The lowest BCUT2D eigenvalue weighted by molar-refractivity contribution is -0.232. The highest BCUT2D eigenvalue weighted by Gasteiger charge is 2.73. The maximum absolute atomic E-state index is 13.6. The lowest BCUT2D eigenvalue weighted by atomic mass is 9.33. The van der Waals surface area contributed by atoms with Crippen molar-refractivity contribution in [1.82, 2.24) is 0 Å². The summed E-state index contributed by atoms with van der Waals surface area (Å²) in [7, 11) is 1.34. The van der Waals surface area contributed by atoms with Crippen molar-refractivity contribution in [2.24, 2.45) is 50.7 Å². The number of ketones is 2. The molecule has 0 aromatic heterocycles. The van der Waals surface area contributed by atoms with Crippen LogP contribution in [0.4, 0.5) is 0 Å². The Morgan fingerprint density at radius 1 is 0.846 bits per heavy atom. The summed E-state index contributed by atoms with van der Waals surface area (Å²) < 4.78 is 11.1. The SMILES string of the molecule is COC(=O)[C@@]12CC[C@]3(C)[C@H](CC[C@@H]4[C@@]5(C)CC[C@H](OC(C)=O)C(C)(C)[C@@H]5CC[C@]43C)C1=C(C(C)C)C(=O)C2=O.